The van der Waals surface area contributed by atoms with Crippen molar-refractivity contribution in [3.63, 3.8) is 0 Å². The quantitative estimate of drug-likeness (QED) is 0.677. The standard InChI is InChI=1S/C9H10ClFN2O/c1-5-7(11)8(10)13-9(12-5)6-3-2-4-14-6/h6H,2-4H2,1H3. The molecule has 3 nitrogen and oxygen atoms in total. The van der Waals surface area contributed by atoms with Gasteiger partial charge in [-0.3, -0.25) is 0 Å². The van der Waals surface area contributed by atoms with Crippen molar-refractivity contribution >= 4 is 11.6 Å². The molecule has 0 aromatic carbocycles. The minimum atomic E-state index is -0.548. The molecule has 0 saturated carbocycles. The highest BCUT2D eigenvalue weighted by molar-refractivity contribution is 6.29. The molecule has 0 bridgehead atoms. The average Bonchev–Trinajstić information content (AvgIpc) is 2.66. The number of halogens is 2. The third-order valence-corrected chi connectivity index (χ3v) is 2.46. The van der Waals surface area contributed by atoms with Crippen molar-refractivity contribution in [3.8, 4) is 0 Å². The minimum Gasteiger partial charge on any atom is -0.370 e. The molecule has 1 unspecified atom stereocenters. The van der Waals surface area contributed by atoms with Gasteiger partial charge in [-0.15, -0.1) is 0 Å². The zero-order valence-electron chi connectivity index (χ0n) is 7.76. The maximum atomic E-state index is 13.1. The van der Waals surface area contributed by atoms with Crippen molar-refractivity contribution in [2.75, 3.05) is 6.61 Å². The van der Waals surface area contributed by atoms with Gasteiger partial charge >= 0.3 is 0 Å². The highest BCUT2D eigenvalue weighted by Crippen LogP contribution is 2.27. The molecule has 0 radical (unpaired) electrons. The molecule has 2 rings (SSSR count). The minimum absolute atomic E-state index is 0.119. The SMILES string of the molecule is Cc1nc(C2CCCO2)nc(Cl)c1F. The van der Waals surface area contributed by atoms with E-state index < -0.39 is 5.82 Å². The van der Waals surface area contributed by atoms with E-state index in [1.54, 1.807) is 6.92 Å². The Kier molecular flexibility index (Phi) is 2.65. The molecule has 1 aromatic heterocycles. The number of aryl methyl sites for hydroxylation is 1. The molecule has 1 aliphatic heterocycles. The highest BCUT2D eigenvalue weighted by atomic mass is 35.5. The van der Waals surface area contributed by atoms with Gasteiger partial charge in [-0.05, 0) is 19.8 Å². The first-order valence-electron chi connectivity index (χ1n) is 4.49. The number of ether oxygens (including phenoxy) is 1. The number of hydrogen-bond donors (Lipinski definition) is 0. The molecule has 5 heteroatoms. The molecule has 0 N–H and O–H groups in total. The van der Waals surface area contributed by atoms with Gasteiger partial charge in [0.15, 0.2) is 16.8 Å². The lowest BCUT2D eigenvalue weighted by Crippen LogP contribution is -2.06. The van der Waals surface area contributed by atoms with Crippen molar-refractivity contribution < 1.29 is 9.13 Å². The van der Waals surface area contributed by atoms with Crippen molar-refractivity contribution in [2.24, 2.45) is 0 Å². The third-order valence-electron chi connectivity index (χ3n) is 2.21. The van der Waals surface area contributed by atoms with Crippen molar-refractivity contribution in [3.05, 3.63) is 22.5 Å². The van der Waals surface area contributed by atoms with Crippen LogP contribution in [0, 0.1) is 12.7 Å². The molecule has 0 spiro atoms. The maximum Gasteiger partial charge on any atom is 0.181 e. The van der Waals surface area contributed by atoms with Crippen LogP contribution in [0.2, 0.25) is 5.15 Å². The van der Waals surface area contributed by atoms with Crippen LogP contribution < -0.4 is 0 Å². The summed E-state index contributed by atoms with van der Waals surface area (Å²) in [5.41, 5.74) is 0.274. The Morgan fingerprint density at radius 1 is 1.50 bits per heavy atom. The topological polar surface area (TPSA) is 35.0 Å². The van der Waals surface area contributed by atoms with Crippen LogP contribution >= 0.6 is 11.6 Å². The summed E-state index contributed by atoms with van der Waals surface area (Å²) in [5, 5.41) is -0.122. The average molecular weight is 217 g/mol. The second kappa shape index (κ2) is 3.79. The van der Waals surface area contributed by atoms with E-state index in [0.717, 1.165) is 12.8 Å². The Morgan fingerprint density at radius 3 is 2.86 bits per heavy atom. The fourth-order valence-electron chi connectivity index (χ4n) is 1.47. The summed E-state index contributed by atoms with van der Waals surface area (Å²) in [6.45, 7) is 2.28. The smallest absolute Gasteiger partial charge is 0.181 e. The van der Waals surface area contributed by atoms with Crippen molar-refractivity contribution in [1.29, 1.82) is 0 Å². The van der Waals surface area contributed by atoms with Gasteiger partial charge in [0.2, 0.25) is 0 Å². The van der Waals surface area contributed by atoms with E-state index in [-0.39, 0.29) is 17.0 Å². The Morgan fingerprint density at radius 2 is 2.29 bits per heavy atom. The van der Waals surface area contributed by atoms with Crippen molar-refractivity contribution in [2.45, 2.75) is 25.9 Å². The summed E-state index contributed by atoms with van der Waals surface area (Å²) in [5.74, 6) is -0.0557. The second-order valence-electron chi connectivity index (χ2n) is 3.27. The molecule has 14 heavy (non-hydrogen) atoms. The van der Waals surface area contributed by atoms with Crippen LogP contribution in [-0.4, -0.2) is 16.6 Å². The summed E-state index contributed by atoms with van der Waals surface area (Å²) >= 11 is 5.62. The molecule has 1 saturated heterocycles. The fourth-order valence-corrected chi connectivity index (χ4v) is 1.69. The van der Waals surface area contributed by atoms with Crippen LogP contribution in [0.4, 0.5) is 4.39 Å². The molecular weight excluding hydrogens is 207 g/mol. The summed E-state index contributed by atoms with van der Waals surface area (Å²) in [4.78, 5) is 7.89. The van der Waals surface area contributed by atoms with Gasteiger partial charge < -0.3 is 4.74 Å². The Hall–Kier alpha value is -0.740. The van der Waals surface area contributed by atoms with Crippen LogP contribution in [0.5, 0.6) is 0 Å². The maximum absolute atomic E-state index is 13.1. The van der Waals surface area contributed by atoms with E-state index in [2.05, 4.69) is 9.97 Å². The van der Waals surface area contributed by atoms with Gasteiger partial charge in [-0.2, -0.15) is 0 Å². The largest absolute Gasteiger partial charge is 0.370 e. The van der Waals surface area contributed by atoms with Gasteiger partial charge in [-0.25, -0.2) is 14.4 Å². The fraction of sp³-hybridized carbons (Fsp3) is 0.556. The normalized spacial score (nSPS) is 21.5. The first-order valence-corrected chi connectivity index (χ1v) is 4.87. The van der Waals surface area contributed by atoms with Gasteiger partial charge in [0.1, 0.15) is 6.10 Å². The lowest BCUT2D eigenvalue weighted by molar-refractivity contribution is 0.104. The van der Waals surface area contributed by atoms with E-state index in [1.807, 2.05) is 0 Å². The van der Waals surface area contributed by atoms with Gasteiger partial charge in [0, 0.05) is 6.61 Å². The van der Waals surface area contributed by atoms with Crippen LogP contribution in [0.25, 0.3) is 0 Å². The molecule has 1 aromatic rings. The predicted molar refractivity (Wildman–Crippen MR) is 49.7 cm³/mol. The van der Waals surface area contributed by atoms with Crippen LogP contribution in [0.3, 0.4) is 0 Å². The number of rotatable bonds is 1. The number of nitrogens with zero attached hydrogens (tertiary/aromatic N) is 2. The van der Waals surface area contributed by atoms with E-state index in [4.69, 9.17) is 16.3 Å². The Balaban J connectivity index is 2.34. The van der Waals surface area contributed by atoms with Gasteiger partial charge in [0.05, 0.1) is 5.69 Å². The Labute approximate surface area is 86.3 Å². The van der Waals surface area contributed by atoms with E-state index in [9.17, 15) is 4.39 Å². The van der Waals surface area contributed by atoms with Crippen molar-refractivity contribution in [1.82, 2.24) is 9.97 Å². The van der Waals surface area contributed by atoms with Crippen LogP contribution in [-0.2, 0) is 4.74 Å². The first kappa shape index (κ1) is 9.80. The molecule has 1 atom stereocenters. The van der Waals surface area contributed by atoms with Crippen LogP contribution in [0.15, 0.2) is 0 Å². The van der Waals surface area contributed by atoms with Gasteiger partial charge in [-0.1, -0.05) is 11.6 Å². The second-order valence-corrected chi connectivity index (χ2v) is 3.63. The summed E-state index contributed by atoms with van der Waals surface area (Å²) in [6.07, 6.45) is 1.75. The zero-order valence-corrected chi connectivity index (χ0v) is 8.51. The third kappa shape index (κ3) is 1.72. The molecule has 2 heterocycles. The first-order chi connectivity index (χ1) is 6.68. The monoisotopic (exact) mass is 216 g/mol. The lowest BCUT2D eigenvalue weighted by atomic mass is 10.2. The zero-order chi connectivity index (χ0) is 10.1. The van der Waals surface area contributed by atoms with Crippen LogP contribution in [0.1, 0.15) is 30.5 Å². The van der Waals surface area contributed by atoms with E-state index in [1.165, 1.54) is 0 Å². The van der Waals surface area contributed by atoms with Gasteiger partial charge in [0.25, 0.3) is 0 Å². The summed E-state index contributed by atoms with van der Waals surface area (Å²) in [7, 11) is 0. The molecule has 1 aliphatic rings. The summed E-state index contributed by atoms with van der Waals surface area (Å²) < 4.78 is 18.5. The lowest BCUT2D eigenvalue weighted by Gasteiger charge is -2.09. The predicted octanol–water partition coefficient (Wildman–Crippen LogP) is 2.43. The Bertz CT molecular complexity index is 330. The van der Waals surface area contributed by atoms with E-state index >= 15 is 0 Å². The molecular formula is C9H10ClFN2O. The van der Waals surface area contributed by atoms with E-state index in [0.29, 0.717) is 12.4 Å². The molecule has 0 amide bonds. The summed E-state index contributed by atoms with van der Waals surface area (Å²) in [6, 6.07) is 0. The molecule has 0 aliphatic carbocycles. The molecule has 76 valence electrons. The highest BCUT2D eigenvalue weighted by Gasteiger charge is 2.22. The number of aromatic nitrogens is 2. The molecule has 1 fully saturated rings. The number of hydrogen-bond acceptors (Lipinski definition) is 3.